The van der Waals surface area contributed by atoms with E-state index in [0.29, 0.717) is 5.56 Å². The van der Waals surface area contributed by atoms with Crippen LogP contribution in [0.3, 0.4) is 0 Å². The number of benzene rings is 1. The van der Waals surface area contributed by atoms with E-state index >= 15 is 0 Å². The number of hydrogen-bond acceptors (Lipinski definition) is 4. The quantitative estimate of drug-likeness (QED) is 0.819. The number of amides is 1. The first-order chi connectivity index (χ1) is 13.1. The monoisotopic (exact) mass is 365 g/mol. The Morgan fingerprint density at radius 2 is 2.00 bits per heavy atom. The van der Waals surface area contributed by atoms with Gasteiger partial charge in [0.05, 0.1) is 5.56 Å². The van der Waals surface area contributed by atoms with Gasteiger partial charge in [0.25, 0.3) is 5.91 Å². The number of carbonyl (C=O) groups is 1. The summed E-state index contributed by atoms with van der Waals surface area (Å²) in [5, 5.41) is 0. The predicted octanol–water partition coefficient (Wildman–Crippen LogP) is 3.36. The number of rotatable bonds is 2. The third-order valence-electron chi connectivity index (χ3n) is 5.94. The van der Waals surface area contributed by atoms with Crippen LogP contribution in [0.15, 0.2) is 48.8 Å². The Morgan fingerprint density at radius 1 is 1.22 bits per heavy atom. The predicted molar refractivity (Wildman–Crippen MR) is 105 cm³/mol. The lowest BCUT2D eigenvalue weighted by Gasteiger charge is -2.43. The molecule has 142 valence electrons. The summed E-state index contributed by atoms with van der Waals surface area (Å²) >= 11 is 0. The van der Waals surface area contributed by atoms with Gasteiger partial charge in [-0.2, -0.15) is 0 Å². The molecule has 1 aliphatic carbocycles. The van der Waals surface area contributed by atoms with Crippen LogP contribution in [-0.4, -0.2) is 53.0 Å². The molecule has 27 heavy (non-hydrogen) atoms. The number of fused-ring (bicyclic) bond motifs is 1. The molecule has 4 rings (SSSR count). The van der Waals surface area contributed by atoms with Gasteiger partial charge in [-0.3, -0.25) is 14.7 Å². The summed E-state index contributed by atoms with van der Waals surface area (Å²) in [6.45, 7) is 1.84. The van der Waals surface area contributed by atoms with Crippen LogP contribution in [0, 0.1) is 0 Å². The van der Waals surface area contributed by atoms with Gasteiger partial charge < -0.3 is 9.64 Å². The van der Waals surface area contributed by atoms with Gasteiger partial charge in [0.2, 0.25) is 0 Å². The maximum absolute atomic E-state index is 12.7. The zero-order chi connectivity index (χ0) is 18.9. The van der Waals surface area contributed by atoms with Gasteiger partial charge in [-0.1, -0.05) is 18.2 Å². The van der Waals surface area contributed by atoms with E-state index in [9.17, 15) is 4.79 Å². The lowest BCUT2D eigenvalue weighted by Crippen LogP contribution is -2.51. The van der Waals surface area contributed by atoms with Gasteiger partial charge in [-0.25, -0.2) is 0 Å². The summed E-state index contributed by atoms with van der Waals surface area (Å²) < 4.78 is 6.57. The van der Waals surface area contributed by atoms with Crippen LogP contribution >= 0.6 is 0 Å². The van der Waals surface area contributed by atoms with Crippen LogP contribution in [0.1, 0.15) is 41.6 Å². The molecule has 1 spiro atoms. The number of ether oxygens (including phenoxy) is 1. The van der Waals surface area contributed by atoms with Crippen molar-refractivity contribution in [2.45, 2.75) is 43.9 Å². The molecule has 1 aliphatic heterocycles. The van der Waals surface area contributed by atoms with E-state index in [2.05, 4.69) is 35.1 Å². The Hall–Kier alpha value is -2.40. The first-order valence-corrected chi connectivity index (χ1v) is 9.69. The van der Waals surface area contributed by atoms with Gasteiger partial charge in [0.1, 0.15) is 11.4 Å². The molecule has 0 atom stereocenters. The number of nitrogens with zero attached hydrogens (tertiary/aromatic N) is 3. The van der Waals surface area contributed by atoms with E-state index in [0.717, 1.165) is 44.5 Å². The Morgan fingerprint density at radius 3 is 2.74 bits per heavy atom. The molecule has 5 nitrogen and oxygen atoms in total. The Labute approximate surface area is 161 Å². The molecule has 2 heterocycles. The highest BCUT2D eigenvalue weighted by molar-refractivity contribution is 5.93. The van der Waals surface area contributed by atoms with Crippen molar-refractivity contribution in [2.24, 2.45) is 0 Å². The summed E-state index contributed by atoms with van der Waals surface area (Å²) in [5.74, 6) is 1.06. The average Bonchev–Trinajstić information content (AvgIpc) is 2.83. The van der Waals surface area contributed by atoms with Crippen molar-refractivity contribution in [3.8, 4) is 5.75 Å². The Kier molecular flexibility index (Phi) is 4.87. The highest BCUT2D eigenvalue weighted by atomic mass is 16.5. The highest BCUT2D eigenvalue weighted by Crippen LogP contribution is 2.39. The number of para-hydroxylation sites is 1. The summed E-state index contributed by atoms with van der Waals surface area (Å²) in [6.07, 6.45) is 7.17. The third kappa shape index (κ3) is 3.69. The van der Waals surface area contributed by atoms with Crippen LogP contribution in [0.25, 0.3) is 0 Å². The Bertz CT molecular complexity index is 800. The van der Waals surface area contributed by atoms with E-state index < -0.39 is 0 Å². The molecule has 0 N–H and O–H groups in total. The van der Waals surface area contributed by atoms with Gasteiger partial charge in [0, 0.05) is 44.1 Å². The molecule has 1 fully saturated rings. The zero-order valence-electron chi connectivity index (χ0n) is 16.1. The molecular weight excluding hydrogens is 338 g/mol. The van der Waals surface area contributed by atoms with Gasteiger partial charge in [0.15, 0.2) is 0 Å². The molecular formula is C22H27N3O2. The SMILES string of the molecule is CN1Cc2ccccc2OC2(CCC(N(C)C(=O)c3cccnc3)CC2)C1. The van der Waals surface area contributed by atoms with Crippen LogP contribution in [-0.2, 0) is 6.54 Å². The fourth-order valence-electron chi connectivity index (χ4n) is 4.47. The summed E-state index contributed by atoms with van der Waals surface area (Å²) in [4.78, 5) is 21.0. The number of hydrogen-bond donors (Lipinski definition) is 0. The van der Waals surface area contributed by atoms with E-state index in [1.54, 1.807) is 12.4 Å². The maximum Gasteiger partial charge on any atom is 0.255 e. The third-order valence-corrected chi connectivity index (χ3v) is 5.94. The largest absolute Gasteiger partial charge is 0.486 e. The minimum absolute atomic E-state index is 0.0494. The van der Waals surface area contributed by atoms with E-state index in [-0.39, 0.29) is 17.6 Å². The van der Waals surface area contributed by atoms with Crippen LogP contribution in [0.5, 0.6) is 5.75 Å². The second kappa shape index (κ2) is 7.31. The van der Waals surface area contributed by atoms with Crippen molar-refractivity contribution < 1.29 is 9.53 Å². The maximum atomic E-state index is 12.7. The molecule has 2 aliphatic rings. The van der Waals surface area contributed by atoms with Crippen LogP contribution in [0.4, 0.5) is 0 Å². The normalized spacial score (nSPS) is 25.3. The zero-order valence-corrected chi connectivity index (χ0v) is 16.1. The molecule has 0 radical (unpaired) electrons. The van der Waals surface area contributed by atoms with Crippen molar-refractivity contribution >= 4 is 5.91 Å². The van der Waals surface area contributed by atoms with Crippen LogP contribution in [0.2, 0.25) is 0 Å². The number of carbonyl (C=O) groups excluding carboxylic acids is 1. The van der Waals surface area contributed by atoms with Crippen molar-refractivity contribution in [3.05, 3.63) is 59.9 Å². The van der Waals surface area contributed by atoms with Gasteiger partial charge in [-0.15, -0.1) is 0 Å². The molecule has 1 amide bonds. The first kappa shape index (κ1) is 18.0. The van der Waals surface area contributed by atoms with E-state index in [1.165, 1.54) is 5.56 Å². The summed E-state index contributed by atoms with van der Waals surface area (Å²) in [6, 6.07) is 12.2. The van der Waals surface area contributed by atoms with Crippen LogP contribution < -0.4 is 4.74 Å². The average molecular weight is 365 g/mol. The molecule has 0 bridgehead atoms. The lowest BCUT2D eigenvalue weighted by molar-refractivity contribution is -0.00843. The topological polar surface area (TPSA) is 45.7 Å². The smallest absolute Gasteiger partial charge is 0.255 e. The second-order valence-electron chi connectivity index (χ2n) is 7.95. The second-order valence-corrected chi connectivity index (χ2v) is 7.95. The van der Waals surface area contributed by atoms with E-state index in [4.69, 9.17) is 4.74 Å². The molecule has 1 aromatic carbocycles. The minimum atomic E-state index is -0.157. The van der Waals surface area contributed by atoms with Crippen molar-refractivity contribution in [3.63, 3.8) is 0 Å². The van der Waals surface area contributed by atoms with Crippen molar-refractivity contribution in [2.75, 3.05) is 20.6 Å². The minimum Gasteiger partial charge on any atom is -0.486 e. The Balaban J connectivity index is 1.46. The standard InChI is InChI=1S/C22H27N3O2/c1-24-15-18-6-3-4-8-20(18)27-22(16-24)11-9-19(10-12-22)25(2)21(26)17-7-5-13-23-14-17/h3-8,13-14,19H,9-12,15-16H2,1-2H3. The van der Waals surface area contributed by atoms with E-state index in [1.807, 2.05) is 30.1 Å². The molecule has 0 unspecified atom stereocenters. The molecule has 5 heteroatoms. The summed E-state index contributed by atoms with van der Waals surface area (Å²) in [7, 11) is 4.07. The van der Waals surface area contributed by atoms with Crippen molar-refractivity contribution in [1.82, 2.24) is 14.8 Å². The highest BCUT2D eigenvalue weighted by Gasteiger charge is 2.41. The molecule has 0 saturated heterocycles. The molecule has 2 aromatic rings. The fourth-order valence-corrected chi connectivity index (χ4v) is 4.47. The van der Waals surface area contributed by atoms with Gasteiger partial charge >= 0.3 is 0 Å². The van der Waals surface area contributed by atoms with Gasteiger partial charge in [-0.05, 0) is 50.9 Å². The number of likely N-dealkylation sites (N-methyl/N-ethyl adjacent to an activating group) is 1. The summed E-state index contributed by atoms with van der Waals surface area (Å²) in [5.41, 5.74) is 1.75. The molecule has 1 aromatic heterocycles. The lowest BCUT2D eigenvalue weighted by atomic mass is 9.81. The first-order valence-electron chi connectivity index (χ1n) is 9.69. The fraction of sp³-hybridized carbons (Fsp3) is 0.455. The number of aromatic nitrogens is 1. The number of pyridine rings is 1. The molecule has 1 saturated carbocycles. The van der Waals surface area contributed by atoms with Crippen molar-refractivity contribution in [1.29, 1.82) is 0 Å².